The second-order valence-electron chi connectivity index (χ2n) is 3.64. The molecule has 1 heterocycles. The molecule has 0 spiro atoms. The van der Waals surface area contributed by atoms with Gasteiger partial charge in [0.05, 0.1) is 0 Å². The van der Waals surface area contributed by atoms with Gasteiger partial charge in [-0.2, -0.15) is 0 Å². The predicted molar refractivity (Wildman–Crippen MR) is 54.8 cm³/mol. The zero-order valence-electron chi connectivity index (χ0n) is 8.06. The molecule has 1 atom stereocenters. The SMILES string of the molecule is CCC1CCCCCN1CCCl. The topological polar surface area (TPSA) is 3.24 Å². The van der Waals surface area contributed by atoms with Crippen LogP contribution in [0.4, 0.5) is 0 Å². The van der Waals surface area contributed by atoms with Crippen LogP contribution < -0.4 is 0 Å². The van der Waals surface area contributed by atoms with Crippen molar-refractivity contribution in [2.45, 2.75) is 45.1 Å². The summed E-state index contributed by atoms with van der Waals surface area (Å²) in [6, 6.07) is 0.811. The third-order valence-electron chi connectivity index (χ3n) is 2.84. The molecule has 1 unspecified atom stereocenters. The molecular formula is C10H20ClN. The van der Waals surface area contributed by atoms with Gasteiger partial charge in [-0.1, -0.05) is 19.8 Å². The Morgan fingerprint density at radius 1 is 1.33 bits per heavy atom. The van der Waals surface area contributed by atoms with Crippen molar-refractivity contribution in [2.75, 3.05) is 19.0 Å². The highest BCUT2D eigenvalue weighted by atomic mass is 35.5. The molecule has 1 nitrogen and oxygen atoms in total. The van der Waals surface area contributed by atoms with Gasteiger partial charge < -0.3 is 0 Å². The Labute approximate surface area is 81.1 Å². The molecule has 2 heteroatoms. The van der Waals surface area contributed by atoms with Gasteiger partial charge >= 0.3 is 0 Å². The van der Waals surface area contributed by atoms with Gasteiger partial charge in [0.1, 0.15) is 0 Å². The van der Waals surface area contributed by atoms with E-state index in [1.165, 1.54) is 38.6 Å². The zero-order chi connectivity index (χ0) is 8.81. The van der Waals surface area contributed by atoms with Gasteiger partial charge in [-0.15, -0.1) is 11.6 Å². The summed E-state index contributed by atoms with van der Waals surface area (Å²) in [6.07, 6.45) is 6.87. The molecule has 1 rings (SSSR count). The molecule has 1 saturated heterocycles. The van der Waals surface area contributed by atoms with Crippen molar-refractivity contribution < 1.29 is 0 Å². The molecule has 1 aliphatic heterocycles. The molecule has 1 aliphatic rings. The summed E-state index contributed by atoms with van der Waals surface area (Å²) in [5.74, 6) is 0.788. The maximum Gasteiger partial charge on any atom is 0.0351 e. The van der Waals surface area contributed by atoms with E-state index in [0.29, 0.717) is 0 Å². The fourth-order valence-electron chi connectivity index (χ4n) is 2.10. The average molecular weight is 190 g/mol. The van der Waals surface area contributed by atoms with Crippen LogP contribution in [0.5, 0.6) is 0 Å². The van der Waals surface area contributed by atoms with Crippen LogP contribution in [0.2, 0.25) is 0 Å². The van der Waals surface area contributed by atoms with Crippen molar-refractivity contribution in [1.29, 1.82) is 0 Å². The molecule has 72 valence electrons. The van der Waals surface area contributed by atoms with E-state index in [9.17, 15) is 0 Å². The maximum absolute atomic E-state index is 5.77. The monoisotopic (exact) mass is 189 g/mol. The quantitative estimate of drug-likeness (QED) is 0.618. The van der Waals surface area contributed by atoms with Crippen LogP contribution in [0, 0.1) is 0 Å². The first-order valence-electron chi connectivity index (χ1n) is 5.18. The first-order chi connectivity index (χ1) is 5.88. The number of halogens is 1. The molecule has 1 fully saturated rings. The Hall–Kier alpha value is 0.250. The Kier molecular flexibility index (Phi) is 5.01. The van der Waals surface area contributed by atoms with Crippen molar-refractivity contribution in [3.8, 4) is 0 Å². The van der Waals surface area contributed by atoms with Crippen LogP contribution in [-0.4, -0.2) is 29.9 Å². The Morgan fingerprint density at radius 2 is 2.17 bits per heavy atom. The van der Waals surface area contributed by atoms with Crippen molar-refractivity contribution in [3.05, 3.63) is 0 Å². The Morgan fingerprint density at radius 3 is 2.83 bits per heavy atom. The van der Waals surface area contributed by atoms with Gasteiger partial charge in [-0.25, -0.2) is 0 Å². The van der Waals surface area contributed by atoms with Gasteiger partial charge in [0.25, 0.3) is 0 Å². The summed E-state index contributed by atoms with van der Waals surface area (Å²) >= 11 is 5.77. The highest BCUT2D eigenvalue weighted by molar-refractivity contribution is 6.18. The summed E-state index contributed by atoms with van der Waals surface area (Å²) in [5, 5.41) is 0. The molecule has 12 heavy (non-hydrogen) atoms. The summed E-state index contributed by atoms with van der Waals surface area (Å²) < 4.78 is 0. The van der Waals surface area contributed by atoms with E-state index in [1.807, 2.05) is 0 Å². The minimum atomic E-state index is 0.788. The highest BCUT2D eigenvalue weighted by Crippen LogP contribution is 2.18. The molecule has 0 radical (unpaired) electrons. The lowest BCUT2D eigenvalue weighted by atomic mass is 10.1. The van der Waals surface area contributed by atoms with E-state index in [2.05, 4.69) is 11.8 Å². The van der Waals surface area contributed by atoms with Crippen LogP contribution in [0.3, 0.4) is 0 Å². The summed E-state index contributed by atoms with van der Waals surface area (Å²) in [5.41, 5.74) is 0. The van der Waals surface area contributed by atoms with Crippen LogP contribution in [-0.2, 0) is 0 Å². The largest absolute Gasteiger partial charge is 0.299 e. The summed E-state index contributed by atoms with van der Waals surface area (Å²) in [4.78, 5) is 2.57. The van der Waals surface area contributed by atoms with Gasteiger partial charge in [0.2, 0.25) is 0 Å². The van der Waals surface area contributed by atoms with E-state index in [4.69, 9.17) is 11.6 Å². The summed E-state index contributed by atoms with van der Waals surface area (Å²) in [6.45, 7) is 4.64. The standard InChI is InChI=1S/C10H20ClN/c1-2-10-6-4-3-5-8-12(10)9-7-11/h10H,2-9H2,1H3. The predicted octanol–water partition coefficient (Wildman–Crippen LogP) is 2.88. The zero-order valence-corrected chi connectivity index (χ0v) is 8.82. The highest BCUT2D eigenvalue weighted by Gasteiger charge is 2.17. The van der Waals surface area contributed by atoms with E-state index in [-0.39, 0.29) is 0 Å². The number of hydrogen-bond donors (Lipinski definition) is 0. The molecular weight excluding hydrogens is 170 g/mol. The molecule has 0 aromatic rings. The minimum Gasteiger partial charge on any atom is -0.299 e. The van der Waals surface area contributed by atoms with Gasteiger partial charge in [0, 0.05) is 18.5 Å². The smallest absolute Gasteiger partial charge is 0.0351 e. The molecule has 0 saturated carbocycles. The van der Waals surface area contributed by atoms with E-state index in [1.54, 1.807) is 0 Å². The Bertz CT molecular complexity index is 116. The van der Waals surface area contributed by atoms with Crippen molar-refractivity contribution in [2.24, 2.45) is 0 Å². The van der Waals surface area contributed by atoms with E-state index in [0.717, 1.165) is 18.5 Å². The van der Waals surface area contributed by atoms with Gasteiger partial charge in [-0.05, 0) is 25.8 Å². The van der Waals surface area contributed by atoms with E-state index < -0.39 is 0 Å². The van der Waals surface area contributed by atoms with Crippen LogP contribution in [0.1, 0.15) is 39.0 Å². The normalized spacial score (nSPS) is 27.0. The second kappa shape index (κ2) is 5.82. The first kappa shape index (κ1) is 10.3. The van der Waals surface area contributed by atoms with Crippen molar-refractivity contribution in [1.82, 2.24) is 4.90 Å². The lowest BCUT2D eigenvalue weighted by molar-refractivity contribution is 0.206. The lowest BCUT2D eigenvalue weighted by Crippen LogP contribution is -2.35. The van der Waals surface area contributed by atoms with Gasteiger partial charge in [0.15, 0.2) is 0 Å². The molecule has 0 amide bonds. The number of hydrogen-bond acceptors (Lipinski definition) is 1. The number of rotatable bonds is 3. The molecule has 0 bridgehead atoms. The van der Waals surface area contributed by atoms with Crippen LogP contribution in [0.15, 0.2) is 0 Å². The Balaban J connectivity index is 2.39. The third kappa shape index (κ3) is 2.95. The summed E-state index contributed by atoms with van der Waals surface area (Å²) in [7, 11) is 0. The van der Waals surface area contributed by atoms with Crippen LogP contribution in [0.25, 0.3) is 0 Å². The molecule has 0 N–H and O–H groups in total. The minimum absolute atomic E-state index is 0.788. The number of alkyl halides is 1. The molecule has 0 aromatic heterocycles. The fourth-order valence-corrected chi connectivity index (χ4v) is 2.32. The van der Waals surface area contributed by atoms with Gasteiger partial charge in [-0.3, -0.25) is 4.90 Å². The number of likely N-dealkylation sites (tertiary alicyclic amines) is 1. The molecule has 0 aliphatic carbocycles. The lowest BCUT2D eigenvalue weighted by Gasteiger charge is -2.28. The third-order valence-corrected chi connectivity index (χ3v) is 3.01. The average Bonchev–Trinajstić information content (AvgIpc) is 2.30. The van der Waals surface area contributed by atoms with E-state index >= 15 is 0 Å². The fraction of sp³-hybridized carbons (Fsp3) is 1.00. The van der Waals surface area contributed by atoms with Crippen LogP contribution >= 0.6 is 11.6 Å². The first-order valence-corrected chi connectivity index (χ1v) is 5.72. The number of nitrogens with zero attached hydrogens (tertiary/aromatic N) is 1. The van der Waals surface area contributed by atoms with Crippen molar-refractivity contribution in [3.63, 3.8) is 0 Å². The van der Waals surface area contributed by atoms with Crippen molar-refractivity contribution >= 4 is 11.6 Å². The molecule has 0 aromatic carbocycles. The second-order valence-corrected chi connectivity index (χ2v) is 4.01. The maximum atomic E-state index is 5.77.